The van der Waals surface area contributed by atoms with Gasteiger partial charge in [-0.1, -0.05) is 22.6 Å². The standard InChI is InChI=1S/C7H13IN2O3/c1-10(3-2-8)7(13)5(9)4-6(11)12/h5H,2-4,9H2,1H3,(H,11,12). The second kappa shape index (κ2) is 6.14. The molecule has 0 saturated heterocycles. The van der Waals surface area contributed by atoms with E-state index in [-0.39, 0.29) is 12.3 Å². The summed E-state index contributed by atoms with van der Waals surface area (Å²) < 4.78 is 0.805. The molecule has 0 fully saturated rings. The summed E-state index contributed by atoms with van der Waals surface area (Å²) in [6.07, 6.45) is -0.315. The first-order valence-corrected chi connectivity index (χ1v) is 5.30. The Hall–Kier alpha value is -0.370. The highest BCUT2D eigenvalue weighted by Crippen LogP contribution is 1.96. The van der Waals surface area contributed by atoms with Gasteiger partial charge in [0.1, 0.15) is 0 Å². The molecule has 0 aromatic heterocycles. The molecule has 5 nitrogen and oxygen atoms in total. The topological polar surface area (TPSA) is 83.6 Å². The number of rotatable bonds is 5. The summed E-state index contributed by atoms with van der Waals surface area (Å²) in [4.78, 5) is 23.0. The van der Waals surface area contributed by atoms with Gasteiger partial charge in [0.15, 0.2) is 0 Å². The zero-order chi connectivity index (χ0) is 10.4. The highest BCUT2D eigenvalue weighted by Gasteiger charge is 2.19. The number of aliphatic carboxylic acids is 1. The molecule has 0 spiro atoms. The molecule has 0 rings (SSSR count). The molecule has 76 valence electrons. The largest absolute Gasteiger partial charge is 0.481 e. The normalized spacial score (nSPS) is 12.2. The van der Waals surface area contributed by atoms with Crippen LogP contribution in [0.3, 0.4) is 0 Å². The molecule has 0 radical (unpaired) electrons. The van der Waals surface area contributed by atoms with Crippen LogP contribution < -0.4 is 5.73 Å². The third-order valence-electron chi connectivity index (χ3n) is 1.51. The van der Waals surface area contributed by atoms with Gasteiger partial charge >= 0.3 is 5.97 Å². The van der Waals surface area contributed by atoms with Crippen LogP contribution in [0.25, 0.3) is 0 Å². The summed E-state index contributed by atoms with van der Waals surface area (Å²) in [5.41, 5.74) is 5.37. The van der Waals surface area contributed by atoms with E-state index in [1.165, 1.54) is 4.90 Å². The van der Waals surface area contributed by atoms with E-state index in [1.807, 2.05) is 0 Å². The number of likely N-dealkylation sites (N-methyl/N-ethyl adjacent to an activating group) is 1. The summed E-state index contributed by atoms with van der Waals surface area (Å²) in [7, 11) is 1.61. The quantitative estimate of drug-likeness (QED) is 0.538. The number of halogens is 1. The SMILES string of the molecule is CN(CCI)C(=O)C(N)CC(=O)O. The lowest BCUT2D eigenvalue weighted by Gasteiger charge is -2.19. The molecule has 0 saturated carbocycles. The fraction of sp³-hybridized carbons (Fsp3) is 0.714. The van der Waals surface area contributed by atoms with Gasteiger partial charge in [-0.15, -0.1) is 0 Å². The van der Waals surface area contributed by atoms with Crippen molar-refractivity contribution in [2.45, 2.75) is 12.5 Å². The molecule has 6 heteroatoms. The number of carboxylic acids is 1. The molecule has 0 aromatic rings. The fourth-order valence-corrected chi connectivity index (χ4v) is 1.52. The predicted octanol–water partition coefficient (Wildman–Crippen LogP) is -0.318. The Bertz CT molecular complexity index is 198. The van der Waals surface area contributed by atoms with Gasteiger partial charge in [-0.2, -0.15) is 0 Å². The number of carbonyl (C=O) groups excluding carboxylic acids is 1. The number of carboxylic acid groups (broad SMARTS) is 1. The van der Waals surface area contributed by atoms with Gasteiger partial charge in [-0.25, -0.2) is 0 Å². The van der Waals surface area contributed by atoms with Crippen molar-refractivity contribution in [1.29, 1.82) is 0 Å². The molecule has 1 amide bonds. The van der Waals surface area contributed by atoms with Crippen LogP contribution in [0.2, 0.25) is 0 Å². The van der Waals surface area contributed by atoms with Crippen molar-refractivity contribution >= 4 is 34.5 Å². The van der Waals surface area contributed by atoms with Gasteiger partial charge in [-0.3, -0.25) is 9.59 Å². The molecule has 0 aliphatic rings. The predicted molar refractivity (Wildman–Crippen MR) is 56.8 cm³/mol. The van der Waals surface area contributed by atoms with Crippen LogP contribution >= 0.6 is 22.6 Å². The summed E-state index contributed by atoms with van der Waals surface area (Å²) >= 11 is 2.13. The number of nitrogens with zero attached hydrogens (tertiary/aromatic N) is 1. The minimum absolute atomic E-state index is 0.315. The van der Waals surface area contributed by atoms with Crippen molar-refractivity contribution in [3.8, 4) is 0 Å². The first kappa shape index (κ1) is 12.6. The molecular weight excluding hydrogens is 287 g/mol. The molecule has 13 heavy (non-hydrogen) atoms. The van der Waals surface area contributed by atoms with E-state index in [4.69, 9.17) is 10.8 Å². The van der Waals surface area contributed by atoms with E-state index in [9.17, 15) is 9.59 Å². The summed E-state index contributed by atoms with van der Waals surface area (Å²) in [5, 5.41) is 8.39. The smallest absolute Gasteiger partial charge is 0.305 e. The molecule has 0 aliphatic carbocycles. The van der Waals surface area contributed by atoms with Crippen LogP contribution in [-0.4, -0.2) is 45.9 Å². The van der Waals surface area contributed by atoms with Crippen molar-refractivity contribution in [2.24, 2.45) is 5.73 Å². The maximum Gasteiger partial charge on any atom is 0.305 e. The van der Waals surface area contributed by atoms with Gasteiger partial charge in [0.25, 0.3) is 0 Å². The van der Waals surface area contributed by atoms with Gasteiger partial charge in [-0.05, 0) is 0 Å². The van der Waals surface area contributed by atoms with Crippen molar-refractivity contribution in [3.63, 3.8) is 0 Å². The lowest BCUT2D eigenvalue weighted by atomic mass is 10.2. The van der Waals surface area contributed by atoms with Gasteiger partial charge in [0.05, 0.1) is 12.5 Å². The second-order valence-corrected chi connectivity index (χ2v) is 3.73. The molecular formula is C7H13IN2O3. The Labute approximate surface area is 90.4 Å². The average molecular weight is 300 g/mol. The third-order valence-corrected chi connectivity index (χ3v) is 1.99. The van der Waals surface area contributed by atoms with E-state index in [0.717, 1.165) is 4.43 Å². The van der Waals surface area contributed by atoms with E-state index in [2.05, 4.69) is 22.6 Å². The Balaban J connectivity index is 4.01. The Morgan fingerprint density at radius 3 is 2.54 bits per heavy atom. The van der Waals surface area contributed by atoms with Crippen LogP contribution in [0.1, 0.15) is 6.42 Å². The molecule has 0 bridgehead atoms. The van der Waals surface area contributed by atoms with E-state index >= 15 is 0 Å². The monoisotopic (exact) mass is 300 g/mol. The van der Waals surface area contributed by atoms with Gasteiger partial charge in [0, 0.05) is 18.0 Å². The molecule has 0 aromatic carbocycles. The van der Waals surface area contributed by atoms with Crippen LogP contribution in [-0.2, 0) is 9.59 Å². The number of nitrogens with two attached hydrogens (primary N) is 1. The van der Waals surface area contributed by atoms with Crippen LogP contribution in [0.15, 0.2) is 0 Å². The number of alkyl halides is 1. The zero-order valence-corrected chi connectivity index (χ0v) is 9.52. The molecule has 3 N–H and O–H groups in total. The maximum absolute atomic E-state index is 11.3. The summed E-state index contributed by atoms with van der Waals surface area (Å²) in [5.74, 6) is -1.37. The number of hydrogen-bond donors (Lipinski definition) is 2. The van der Waals surface area contributed by atoms with Crippen LogP contribution in [0, 0.1) is 0 Å². The Kier molecular flexibility index (Phi) is 5.97. The molecule has 1 unspecified atom stereocenters. The van der Waals surface area contributed by atoms with Crippen molar-refractivity contribution in [2.75, 3.05) is 18.0 Å². The average Bonchev–Trinajstić information content (AvgIpc) is 2.02. The molecule has 1 atom stereocenters. The molecule has 0 heterocycles. The van der Waals surface area contributed by atoms with E-state index in [0.29, 0.717) is 6.54 Å². The minimum Gasteiger partial charge on any atom is -0.481 e. The van der Waals surface area contributed by atoms with Crippen LogP contribution in [0.5, 0.6) is 0 Å². The lowest BCUT2D eigenvalue weighted by Crippen LogP contribution is -2.43. The Morgan fingerprint density at radius 2 is 2.15 bits per heavy atom. The van der Waals surface area contributed by atoms with E-state index < -0.39 is 12.0 Å². The summed E-state index contributed by atoms with van der Waals surface area (Å²) in [6, 6.07) is -0.926. The second-order valence-electron chi connectivity index (χ2n) is 2.65. The minimum atomic E-state index is -1.05. The van der Waals surface area contributed by atoms with Crippen molar-refractivity contribution < 1.29 is 14.7 Å². The fourth-order valence-electron chi connectivity index (χ4n) is 0.795. The summed E-state index contributed by atoms with van der Waals surface area (Å²) in [6.45, 7) is 0.590. The third kappa shape index (κ3) is 5.04. The first-order chi connectivity index (χ1) is 5.99. The van der Waals surface area contributed by atoms with Crippen molar-refractivity contribution in [1.82, 2.24) is 4.90 Å². The molecule has 0 aliphatic heterocycles. The number of carbonyl (C=O) groups is 2. The van der Waals surface area contributed by atoms with Crippen LogP contribution in [0.4, 0.5) is 0 Å². The van der Waals surface area contributed by atoms with Crippen molar-refractivity contribution in [3.05, 3.63) is 0 Å². The maximum atomic E-state index is 11.3. The Morgan fingerprint density at radius 1 is 1.62 bits per heavy atom. The van der Waals surface area contributed by atoms with Gasteiger partial charge < -0.3 is 15.7 Å². The van der Waals surface area contributed by atoms with E-state index in [1.54, 1.807) is 7.05 Å². The number of hydrogen-bond acceptors (Lipinski definition) is 3. The first-order valence-electron chi connectivity index (χ1n) is 3.77. The highest BCUT2D eigenvalue weighted by molar-refractivity contribution is 14.1. The number of amides is 1. The zero-order valence-electron chi connectivity index (χ0n) is 7.36. The van der Waals surface area contributed by atoms with Gasteiger partial charge in [0.2, 0.25) is 5.91 Å². The lowest BCUT2D eigenvalue weighted by molar-refractivity contribution is -0.141. The highest BCUT2D eigenvalue weighted by atomic mass is 127.